The highest BCUT2D eigenvalue weighted by Crippen LogP contribution is 2.35. The van der Waals surface area contributed by atoms with Gasteiger partial charge in [0.15, 0.2) is 0 Å². The Morgan fingerprint density at radius 3 is 2.54 bits per heavy atom. The molecule has 3 nitrogen and oxygen atoms in total. The Morgan fingerprint density at radius 2 is 1.79 bits per heavy atom. The monoisotopic (exact) mass is 377 g/mol. The third kappa shape index (κ3) is 3.85. The largest absolute Gasteiger partial charge is 0.382 e. The van der Waals surface area contributed by atoms with Crippen molar-refractivity contribution in [3.8, 4) is 11.1 Å². The number of rotatable bonds is 5. The molecule has 3 aromatic carbocycles. The zero-order chi connectivity index (χ0) is 19.4. The van der Waals surface area contributed by atoms with Crippen LogP contribution in [0.4, 0.5) is 4.39 Å². The normalized spacial score (nSPS) is 19.1. The van der Waals surface area contributed by atoms with Crippen LogP contribution in [0.15, 0.2) is 78.9 Å². The number of morpholine rings is 1. The molecule has 2 N–H and O–H groups in total. The number of hydrogen-bond acceptors (Lipinski definition) is 3. The minimum absolute atomic E-state index is 0.273. The van der Waals surface area contributed by atoms with E-state index in [1.807, 2.05) is 60.7 Å². The van der Waals surface area contributed by atoms with Crippen molar-refractivity contribution in [2.45, 2.75) is 18.1 Å². The highest BCUT2D eigenvalue weighted by molar-refractivity contribution is 5.67. The van der Waals surface area contributed by atoms with Gasteiger partial charge in [0.05, 0.1) is 6.61 Å². The maximum Gasteiger partial charge on any atom is 0.123 e. The molecule has 1 aliphatic heterocycles. The van der Waals surface area contributed by atoms with Crippen molar-refractivity contribution in [3.05, 3.63) is 95.8 Å². The lowest BCUT2D eigenvalue weighted by Gasteiger charge is -2.39. The fraction of sp³-hybridized carbons (Fsp3) is 0.250. The molecule has 0 saturated carbocycles. The molecule has 1 fully saturated rings. The maximum absolute atomic E-state index is 13.8. The quantitative estimate of drug-likeness (QED) is 0.708. The van der Waals surface area contributed by atoms with Crippen molar-refractivity contribution >= 4 is 0 Å². The molecule has 2 unspecified atom stereocenters. The first-order valence-electron chi connectivity index (χ1n) is 9.61. The van der Waals surface area contributed by atoms with Crippen LogP contribution in [0.25, 0.3) is 11.1 Å². The molecule has 0 radical (unpaired) electrons. The molecule has 0 aromatic heterocycles. The predicted molar refractivity (Wildman–Crippen MR) is 108 cm³/mol. The Hall–Kier alpha value is -2.53. The van der Waals surface area contributed by atoms with Crippen molar-refractivity contribution in [1.29, 1.82) is 0 Å². The average Bonchev–Trinajstić information content (AvgIpc) is 2.75. The topological polar surface area (TPSA) is 41.5 Å². The summed E-state index contributed by atoms with van der Waals surface area (Å²) < 4.78 is 19.8. The van der Waals surface area contributed by atoms with Crippen molar-refractivity contribution < 1.29 is 14.2 Å². The molecular weight excluding hydrogens is 353 g/mol. The molecule has 1 aliphatic rings. The summed E-state index contributed by atoms with van der Waals surface area (Å²) in [4.78, 5) is 0. The Balaban J connectivity index is 1.76. The standard InChI is InChI=1S/C24H24FNO2/c25-21-11-6-8-18(15-21)22-12-5-4-7-19(22)16-24(27,20-9-2-1-3-10-20)23-17-26-13-14-28-23/h1-12,15,23,26-27H,13-14,16-17H2. The fourth-order valence-electron chi connectivity index (χ4n) is 3.90. The van der Waals surface area contributed by atoms with Crippen molar-refractivity contribution in [2.75, 3.05) is 19.7 Å². The van der Waals surface area contributed by atoms with Crippen molar-refractivity contribution in [3.63, 3.8) is 0 Å². The average molecular weight is 377 g/mol. The molecule has 2 atom stereocenters. The SMILES string of the molecule is OC(Cc1ccccc1-c1cccc(F)c1)(c1ccccc1)C1CNCCO1. The first-order chi connectivity index (χ1) is 13.7. The van der Waals surface area contributed by atoms with Crippen LogP contribution in [-0.2, 0) is 16.8 Å². The molecule has 0 spiro atoms. The molecule has 28 heavy (non-hydrogen) atoms. The molecular formula is C24H24FNO2. The van der Waals surface area contributed by atoms with Crippen LogP contribution in [0.2, 0.25) is 0 Å². The van der Waals surface area contributed by atoms with Crippen LogP contribution in [0.3, 0.4) is 0 Å². The minimum Gasteiger partial charge on any atom is -0.382 e. The van der Waals surface area contributed by atoms with Crippen LogP contribution in [0.5, 0.6) is 0 Å². The third-order valence-electron chi connectivity index (χ3n) is 5.35. The van der Waals surface area contributed by atoms with Gasteiger partial charge in [-0.05, 0) is 34.4 Å². The van der Waals surface area contributed by atoms with Gasteiger partial charge in [-0.2, -0.15) is 0 Å². The van der Waals surface area contributed by atoms with Gasteiger partial charge in [-0.3, -0.25) is 0 Å². The van der Waals surface area contributed by atoms with E-state index in [0.29, 0.717) is 19.6 Å². The molecule has 0 bridgehead atoms. The lowest BCUT2D eigenvalue weighted by Crippen LogP contribution is -2.52. The maximum atomic E-state index is 13.8. The summed E-state index contributed by atoms with van der Waals surface area (Å²) in [5.74, 6) is -0.273. The summed E-state index contributed by atoms with van der Waals surface area (Å²) in [5, 5.41) is 15.2. The molecule has 0 aliphatic carbocycles. The number of ether oxygens (including phenoxy) is 1. The molecule has 4 heteroatoms. The Kier molecular flexibility index (Phi) is 5.53. The molecule has 4 rings (SSSR count). The minimum atomic E-state index is -1.20. The van der Waals surface area contributed by atoms with Gasteiger partial charge >= 0.3 is 0 Å². The number of hydrogen-bond donors (Lipinski definition) is 2. The number of benzene rings is 3. The van der Waals surface area contributed by atoms with Crippen LogP contribution >= 0.6 is 0 Å². The van der Waals surface area contributed by atoms with Gasteiger partial charge in [-0.15, -0.1) is 0 Å². The Morgan fingerprint density at radius 1 is 1.00 bits per heavy atom. The Labute approximate surface area is 164 Å². The van der Waals surface area contributed by atoms with Gasteiger partial charge in [-0.25, -0.2) is 4.39 Å². The second-order valence-electron chi connectivity index (χ2n) is 7.20. The molecule has 0 amide bonds. The van der Waals surface area contributed by atoms with E-state index >= 15 is 0 Å². The van der Waals surface area contributed by atoms with Crippen LogP contribution in [0.1, 0.15) is 11.1 Å². The molecule has 144 valence electrons. The predicted octanol–water partition coefficient (Wildman–Crippen LogP) is 3.91. The van der Waals surface area contributed by atoms with Gasteiger partial charge in [0.25, 0.3) is 0 Å². The van der Waals surface area contributed by atoms with E-state index in [0.717, 1.165) is 28.8 Å². The summed E-state index contributed by atoms with van der Waals surface area (Å²) in [5.41, 5.74) is 2.29. The van der Waals surface area contributed by atoms with Crippen LogP contribution < -0.4 is 5.32 Å². The summed E-state index contributed by atoms with van der Waals surface area (Å²) >= 11 is 0. The van der Waals surface area contributed by atoms with Crippen LogP contribution in [-0.4, -0.2) is 30.9 Å². The van der Waals surface area contributed by atoms with E-state index in [9.17, 15) is 9.50 Å². The zero-order valence-electron chi connectivity index (χ0n) is 15.6. The molecule has 3 aromatic rings. The summed E-state index contributed by atoms with van der Waals surface area (Å²) in [6.07, 6.45) is -0.0000186. The fourth-order valence-corrected chi connectivity index (χ4v) is 3.90. The Bertz CT molecular complexity index is 925. The second-order valence-corrected chi connectivity index (χ2v) is 7.20. The lowest BCUT2D eigenvalue weighted by molar-refractivity contribution is -0.124. The molecule has 1 heterocycles. The van der Waals surface area contributed by atoms with Crippen LogP contribution in [0, 0.1) is 5.82 Å². The van der Waals surface area contributed by atoms with Gasteiger partial charge < -0.3 is 15.2 Å². The lowest BCUT2D eigenvalue weighted by atomic mass is 9.80. The number of aliphatic hydroxyl groups is 1. The zero-order valence-corrected chi connectivity index (χ0v) is 15.6. The van der Waals surface area contributed by atoms with E-state index in [1.54, 1.807) is 6.07 Å². The first-order valence-corrected chi connectivity index (χ1v) is 9.61. The van der Waals surface area contributed by atoms with E-state index in [2.05, 4.69) is 5.32 Å². The highest BCUT2D eigenvalue weighted by Gasteiger charge is 2.40. The number of halogens is 1. The highest BCUT2D eigenvalue weighted by atomic mass is 19.1. The first kappa shape index (κ1) is 18.8. The van der Waals surface area contributed by atoms with Gasteiger partial charge in [0.2, 0.25) is 0 Å². The summed E-state index contributed by atoms with van der Waals surface area (Å²) in [7, 11) is 0. The van der Waals surface area contributed by atoms with E-state index in [1.165, 1.54) is 12.1 Å². The summed E-state index contributed by atoms with van der Waals surface area (Å²) in [6.45, 7) is 1.92. The third-order valence-corrected chi connectivity index (χ3v) is 5.35. The number of nitrogens with one attached hydrogen (secondary N) is 1. The van der Waals surface area contributed by atoms with E-state index in [4.69, 9.17) is 4.74 Å². The summed E-state index contributed by atoms with van der Waals surface area (Å²) in [6, 6.07) is 24.1. The van der Waals surface area contributed by atoms with E-state index in [-0.39, 0.29) is 11.9 Å². The van der Waals surface area contributed by atoms with Gasteiger partial charge in [0, 0.05) is 19.5 Å². The van der Waals surface area contributed by atoms with Gasteiger partial charge in [0.1, 0.15) is 17.5 Å². The smallest absolute Gasteiger partial charge is 0.123 e. The van der Waals surface area contributed by atoms with Gasteiger partial charge in [-0.1, -0.05) is 66.7 Å². The van der Waals surface area contributed by atoms with E-state index < -0.39 is 5.60 Å². The second kappa shape index (κ2) is 8.23. The van der Waals surface area contributed by atoms with Crippen molar-refractivity contribution in [2.24, 2.45) is 0 Å². The van der Waals surface area contributed by atoms with Crippen molar-refractivity contribution in [1.82, 2.24) is 5.32 Å². The molecule has 1 saturated heterocycles.